The fourth-order valence-corrected chi connectivity index (χ4v) is 3.10. The third-order valence-electron chi connectivity index (χ3n) is 2.29. The summed E-state index contributed by atoms with van der Waals surface area (Å²) >= 11 is 8.76. The molecule has 0 amide bonds. The molecule has 1 nitrogen and oxygen atoms in total. The van der Waals surface area contributed by atoms with Crippen LogP contribution in [0.15, 0.2) is 14.3 Å². The highest BCUT2D eigenvalue weighted by Gasteiger charge is 2.08. The molecule has 1 rings (SSSR count). The molecule has 1 unspecified atom stereocenters. The van der Waals surface area contributed by atoms with Crippen LogP contribution in [0.3, 0.4) is 0 Å². The first-order valence-corrected chi connectivity index (χ1v) is 7.08. The van der Waals surface area contributed by atoms with E-state index in [0.717, 1.165) is 11.0 Å². The summed E-state index contributed by atoms with van der Waals surface area (Å²) in [6.07, 6.45) is 0. The van der Waals surface area contributed by atoms with Crippen molar-refractivity contribution in [2.24, 2.45) is 5.92 Å². The van der Waals surface area contributed by atoms with E-state index in [2.05, 4.69) is 64.0 Å². The molecule has 0 saturated carbocycles. The first-order chi connectivity index (χ1) is 6.50. The van der Waals surface area contributed by atoms with Crippen molar-refractivity contribution in [3.63, 3.8) is 0 Å². The minimum absolute atomic E-state index is 0.564. The summed E-state index contributed by atoms with van der Waals surface area (Å²) in [4.78, 5) is 1.36. The minimum atomic E-state index is 0.564. The molecule has 14 heavy (non-hydrogen) atoms. The van der Waals surface area contributed by atoms with E-state index < -0.39 is 0 Å². The Morgan fingerprint density at radius 1 is 1.36 bits per heavy atom. The van der Waals surface area contributed by atoms with Crippen molar-refractivity contribution in [1.82, 2.24) is 5.32 Å². The highest BCUT2D eigenvalue weighted by Crippen LogP contribution is 2.32. The predicted octanol–water partition coefficient (Wildman–Crippen LogP) is 4.41. The molecule has 0 aliphatic rings. The van der Waals surface area contributed by atoms with Crippen LogP contribution in [0.25, 0.3) is 0 Å². The number of hydrogen-bond acceptors (Lipinski definition) is 2. The van der Waals surface area contributed by atoms with E-state index in [9.17, 15) is 0 Å². The van der Waals surface area contributed by atoms with Gasteiger partial charge in [-0.1, -0.05) is 13.8 Å². The van der Waals surface area contributed by atoms with Crippen LogP contribution in [-0.4, -0.2) is 6.04 Å². The van der Waals surface area contributed by atoms with Crippen molar-refractivity contribution in [1.29, 1.82) is 0 Å². The SMILES string of the molecule is CC(C)C(C)NCc1cc(Br)c(Br)s1. The molecule has 1 N–H and O–H groups in total. The second-order valence-corrected chi connectivity index (χ2v) is 7.06. The minimum Gasteiger partial charge on any atom is -0.309 e. The quantitative estimate of drug-likeness (QED) is 0.856. The molecule has 0 fully saturated rings. The van der Waals surface area contributed by atoms with Crippen LogP contribution < -0.4 is 5.32 Å². The zero-order chi connectivity index (χ0) is 10.7. The van der Waals surface area contributed by atoms with Crippen molar-refractivity contribution in [3.8, 4) is 0 Å². The van der Waals surface area contributed by atoms with Crippen LogP contribution in [0.2, 0.25) is 0 Å². The van der Waals surface area contributed by atoms with Crippen LogP contribution in [-0.2, 0) is 6.54 Å². The average Bonchev–Trinajstić information content (AvgIpc) is 2.42. The fraction of sp³-hybridized carbons (Fsp3) is 0.600. The van der Waals surface area contributed by atoms with Gasteiger partial charge in [0.1, 0.15) is 0 Å². The molecular weight excluding hydrogens is 326 g/mol. The molecule has 1 aromatic heterocycles. The second-order valence-electron chi connectivity index (χ2n) is 3.75. The summed E-state index contributed by atoms with van der Waals surface area (Å²) in [5, 5.41) is 3.51. The van der Waals surface area contributed by atoms with Gasteiger partial charge in [0.05, 0.1) is 3.79 Å². The van der Waals surface area contributed by atoms with Gasteiger partial charge >= 0.3 is 0 Å². The molecule has 0 aromatic carbocycles. The Morgan fingerprint density at radius 3 is 2.43 bits per heavy atom. The monoisotopic (exact) mass is 339 g/mol. The molecule has 0 aliphatic carbocycles. The average molecular weight is 341 g/mol. The van der Waals surface area contributed by atoms with E-state index in [1.807, 2.05) is 0 Å². The first kappa shape index (κ1) is 12.7. The largest absolute Gasteiger partial charge is 0.309 e. The van der Waals surface area contributed by atoms with Gasteiger partial charge in [-0.15, -0.1) is 11.3 Å². The molecule has 0 spiro atoms. The Labute approximate surface area is 107 Å². The fourth-order valence-electron chi connectivity index (χ4n) is 0.976. The van der Waals surface area contributed by atoms with Gasteiger partial charge in [0, 0.05) is 21.9 Å². The summed E-state index contributed by atoms with van der Waals surface area (Å²) in [5.41, 5.74) is 0. The van der Waals surface area contributed by atoms with Crippen molar-refractivity contribution in [2.75, 3.05) is 0 Å². The summed E-state index contributed by atoms with van der Waals surface area (Å²) in [6, 6.07) is 2.73. The van der Waals surface area contributed by atoms with Crippen molar-refractivity contribution in [3.05, 3.63) is 19.2 Å². The first-order valence-electron chi connectivity index (χ1n) is 4.67. The van der Waals surface area contributed by atoms with E-state index in [4.69, 9.17) is 0 Å². The van der Waals surface area contributed by atoms with Crippen LogP contribution in [0.5, 0.6) is 0 Å². The molecule has 0 bridgehead atoms. The molecule has 0 saturated heterocycles. The Morgan fingerprint density at radius 2 is 2.00 bits per heavy atom. The molecule has 0 radical (unpaired) electrons. The third-order valence-corrected chi connectivity index (χ3v) is 5.55. The van der Waals surface area contributed by atoms with E-state index in [0.29, 0.717) is 12.0 Å². The summed E-state index contributed by atoms with van der Waals surface area (Å²) in [5.74, 6) is 0.682. The van der Waals surface area contributed by atoms with Gasteiger partial charge in [-0.3, -0.25) is 0 Å². The topological polar surface area (TPSA) is 12.0 Å². The molecular formula is C10H15Br2NS. The lowest BCUT2D eigenvalue weighted by Gasteiger charge is -2.16. The van der Waals surface area contributed by atoms with E-state index >= 15 is 0 Å². The zero-order valence-corrected chi connectivity index (χ0v) is 12.6. The van der Waals surface area contributed by atoms with Gasteiger partial charge in [0.15, 0.2) is 0 Å². The smallest absolute Gasteiger partial charge is 0.0843 e. The number of hydrogen-bond donors (Lipinski definition) is 1. The maximum absolute atomic E-state index is 3.51. The normalized spacial score (nSPS) is 13.6. The Balaban J connectivity index is 2.46. The Bertz CT molecular complexity index is 277. The number of rotatable bonds is 4. The zero-order valence-electron chi connectivity index (χ0n) is 8.60. The van der Waals surface area contributed by atoms with Crippen LogP contribution in [0.4, 0.5) is 0 Å². The Kier molecular flexibility index (Phi) is 5.11. The van der Waals surface area contributed by atoms with Crippen LogP contribution in [0, 0.1) is 5.92 Å². The lowest BCUT2D eigenvalue weighted by atomic mass is 10.1. The highest BCUT2D eigenvalue weighted by atomic mass is 79.9. The maximum atomic E-state index is 3.51. The van der Waals surface area contributed by atoms with Gasteiger partial charge < -0.3 is 5.32 Å². The van der Waals surface area contributed by atoms with Gasteiger partial charge in [0.2, 0.25) is 0 Å². The molecule has 4 heteroatoms. The molecule has 1 atom stereocenters. The molecule has 80 valence electrons. The van der Waals surface area contributed by atoms with Crippen molar-refractivity contribution in [2.45, 2.75) is 33.4 Å². The predicted molar refractivity (Wildman–Crippen MR) is 70.9 cm³/mol. The van der Waals surface area contributed by atoms with E-state index in [-0.39, 0.29) is 0 Å². The van der Waals surface area contributed by atoms with Gasteiger partial charge in [0.25, 0.3) is 0 Å². The summed E-state index contributed by atoms with van der Waals surface area (Å²) < 4.78 is 2.32. The molecule has 1 aromatic rings. The molecule has 1 heterocycles. The van der Waals surface area contributed by atoms with Crippen LogP contribution >= 0.6 is 43.2 Å². The lowest BCUT2D eigenvalue weighted by Crippen LogP contribution is -2.29. The summed E-state index contributed by atoms with van der Waals surface area (Å²) in [6.45, 7) is 7.65. The van der Waals surface area contributed by atoms with Crippen LogP contribution in [0.1, 0.15) is 25.6 Å². The van der Waals surface area contributed by atoms with Crippen molar-refractivity contribution < 1.29 is 0 Å². The van der Waals surface area contributed by atoms with Gasteiger partial charge in [-0.05, 0) is 50.8 Å². The maximum Gasteiger partial charge on any atom is 0.0843 e. The third kappa shape index (κ3) is 3.65. The van der Waals surface area contributed by atoms with Crippen molar-refractivity contribution >= 4 is 43.2 Å². The number of thiophene rings is 1. The van der Waals surface area contributed by atoms with E-state index in [1.54, 1.807) is 11.3 Å². The van der Waals surface area contributed by atoms with Gasteiger partial charge in [-0.2, -0.15) is 0 Å². The standard InChI is InChI=1S/C10H15Br2NS/c1-6(2)7(3)13-5-8-4-9(11)10(12)14-8/h4,6-7,13H,5H2,1-3H3. The Hall–Kier alpha value is 0.620. The summed E-state index contributed by atoms with van der Waals surface area (Å²) in [7, 11) is 0. The highest BCUT2D eigenvalue weighted by molar-refractivity contribution is 9.13. The lowest BCUT2D eigenvalue weighted by molar-refractivity contribution is 0.427. The number of nitrogens with one attached hydrogen (secondary N) is 1. The molecule has 0 aliphatic heterocycles. The second kappa shape index (κ2) is 5.64. The van der Waals surface area contributed by atoms with Gasteiger partial charge in [-0.25, -0.2) is 0 Å². The number of halogens is 2. The van der Waals surface area contributed by atoms with E-state index in [1.165, 1.54) is 8.66 Å².